The molecule has 2 aromatic carbocycles. The van der Waals surface area contributed by atoms with E-state index in [-0.39, 0.29) is 11.8 Å². The second-order valence-electron chi connectivity index (χ2n) is 5.50. The zero-order valence-electron chi connectivity index (χ0n) is 15.1. The molecule has 2 N–H and O–H groups in total. The van der Waals surface area contributed by atoms with Crippen LogP contribution < -0.4 is 20.2 Å². The topological polar surface area (TPSA) is 89.0 Å². The van der Waals surface area contributed by atoms with Crippen molar-refractivity contribution in [2.75, 3.05) is 19.5 Å². The van der Waals surface area contributed by atoms with Gasteiger partial charge >= 0.3 is 0 Å². The average molecular weight is 355 g/mol. The first-order chi connectivity index (χ1) is 12.4. The van der Waals surface area contributed by atoms with E-state index in [9.17, 15) is 9.59 Å². The first-order valence-corrected chi connectivity index (χ1v) is 7.88. The van der Waals surface area contributed by atoms with Gasteiger partial charge in [-0.05, 0) is 36.8 Å². The van der Waals surface area contributed by atoms with Crippen molar-refractivity contribution in [3.8, 4) is 11.5 Å². The fraction of sp³-hybridized carbons (Fsp3) is 0.211. The van der Waals surface area contributed by atoms with E-state index in [1.54, 1.807) is 43.3 Å². The molecule has 0 spiro atoms. The zero-order valence-corrected chi connectivity index (χ0v) is 15.1. The van der Waals surface area contributed by atoms with Crippen LogP contribution in [0.3, 0.4) is 0 Å². The molecule has 0 heterocycles. The van der Waals surface area contributed by atoms with Crippen LogP contribution in [-0.2, 0) is 4.79 Å². The van der Waals surface area contributed by atoms with Crippen molar-refractivity contribution in [3.63, 3.8) is 0 Å². The van der Waals surface area contributed by atoms with E-state index in [1.807, 2.05) is 6.07 Å². The lowest BCUT2D eigenvalue weighted by atomic mass is 10.1. The van der Waals surface area contributed by atoms with Crippen LogP contribution in [0.5, 0.6) is 11.5 Å². The third kappa shape index (κ3) is 5.07. The van der Waals surface area contributed by atoms with Gasteiger partial charge in [0.15, 0.2) is 0 Å². The van der Waals surface area contributed by atoms with Crippen LogP contribution in [0, 0.1) is 0 Å². The Balaban J connectivity index is 2.16. The molecule has 0 unspecified atom stereocenters. The predicted octanol–water partition coefficient (Wildman–Crippen LogP) is 2.82. The highest BCUT2D eigenvalue weighted by atomic mass is 16.5. The average Bonchev–Trinajstić information content (AvgIpc) is 2.64. The second kappa shape index (κ2) is 8.66. The number of rotatable bonds is 6. The van der Waals surface area contributed by atoms with Crippen molar-refractivity contribution in [2.45, 2.75) is 13.8 Å². The highest BCUT2D eigenvalue weighted by molar-refractivity contribution is 6.02. The predicted molar refractivity (Wildman–Crippen MR) is 100.0 cm³/mol. The normalized spacial score (nSPS) is 10.8. The number of carbonyl (C=O) groups excluding carboxylic acids is 2. The first-order valence-electron chi connectivity index (χ1n) is 7.88. The largest absolute Gasteiger partial charge is 0.497 e. The molecule has 0 aliphatic carbocycles. The van der Waals surface area contributed by atoms with Crippen LogP contribution in [0.4, 0.5) is 5.69 Å². The Morgan fingerprint density at radius 1 is 0.923 bits per heavy atom. The maximum absolute atomic E-state index is 12.3. The maximum atomic E-state index is 12.3. The summed E-state index contributed by atoms with van der Waals surface area (Å²) in [6.45, 7) is 3.20. The minimum atomic E-state index is -0.389. The van der Waals surface area contributed by atoms with Gasteiger partial charge in [-0.15, -0.1) is 0 Å². The highest BCUT2D eigenvalue weighted by Gasteiger charge is 2.10. The molecular weight excluding hydrogens is 334 g/mol. The summed E-state index contributed by atoms with van der Waals surface area (Å²) in [5.74, 6) is 0.480. The third-order valence-electron chi connectivity index (χ3n) is 3.54. The molecule has 0 atom stereocenters. The smallest absolute Gasteiger partial charge is 0.271 e. The number of amides is 2. The standard InChI is InChI=1S/C19H21N3O4/c1-12(14-6-5-7-16(8-14)20-13(2)23)21-22-19(24)15-9-17(25-3)11-18(10-15)26-4/h5-11H,1-4H3,(H,20,23)(H,22,24)/b21-12+. The van der Waals surface area contributed by atoms with E-state index in [4.69, 9.17) is 9.47 Å². The first kappa shape index (κ1) is 19.0. The molecule has 2 aromatic rings. The fourth-order valence-corrected chi connectivity index (χ4v) is 2.23. The minimum Gasteiger partial charge on any atom is -0.497 e. The van der Waals surface area contributed by atoms with Gasteiger partial charge in [-0.25, -0.2) is 5.43 Å². The molecule has 7 heteroatoms. The van der Waals surface area contributed by atoms with Gasteiger partial charge in [-0.3, -0.25) is 9.59 Å². The van der Waals surface area contributed by atoms with E-state index >= 15 is 0 Å². The molecule has 26 heavy (non-hydrogen) atoms. The Morgan fingerprint density at radius 2 is 1.58 bits per heavy atom. The number of hydrazone groups is 1. The number of hydrogen-bond acceptors (Lipinski definition) is 5. The van der Waals surface area contributed by atoms with Crippen LogP contribution in [0.15, 0.2) is 47.6 Å². The van der Waals surface area contributed by atoms with Crippen molar-refractivity contribution in [3.05, 3.63) is 53.6 Å². The number of methoxy groups -OCH3 is 2. The highest BCUT2D eigenvalue weighted by Crippen LogP contribution is 2.22. The number of ether oxygens (including phenoxy) is 2. The molecule has 0 aliphatic rings. The van der Waals surface area contributed by atoms with Gasteiger partial charge in [-0.1, -0.05) is 12.1 Å². The number of nitrogens with zero attached hydrogens (tertiary/aromatic N) is 1. The van der Waals surface area contributed by atoms with E-state index in [1.165, 1.54) is 21.1 Å². The van der Waals surface area contributed by atoms with Crippen molar-refractivity contribution < 1.29 is 19.1 Å². The Labute approximate surface area is 152 Å². The van der Waals surface area contributed by atoms with E-state index in [0.717, 1.165) is 5.56 Å². The Bertz CT molecular complexity index is 824. The summed E-state index contributed by atoms with van der Waals surface area (Å²) < 4.78 is 10.3. The number of nitrogens with one attached hydrogen (secondary N) is 2. The monoisotopic (exact) mass is 355 g/mol. The summed E-state index contributed by atoms with van der Waals surface area (Å²) in [4.78, 5) is 23.5. The fourth-order valence-electron chi connectivity index (χ4n) is 2.23. The van der Waals surface area contributed by atoms with E-state index in [0.29, 0.717) is 28.5 Å². The molecule has 2 amide bonds. The van der Waals surface area contributed by atoms with Crippen LogP contribution in [0.25, 0.3) is 0 Å². The molecule has 0 aromatic heterocycles. The summed E-state index contributed by atoms with van der Waals surface area (Å²) in [6, 6.07) is 12.1. The van der Waals surface area contributed by atoms with Crippen molar-refractivity contribution >= 4 is 23.2 Å². The molecule has 0 fully saturated rings. The molecular formula is C19H21N3O4. The SMILES string of the molecule is COc1cc(OC)cc(C(=O)N/N=C(\C)c2cccc(NC(C)=O)c2)c1. The lowest BCUT2D eigenvalue weighted by Gasteiger charge is -2.08. The van der Waals surface area contributed by atoms with Gasteiger partial charge in [0.05, 0.1) is 19.9 Å². The number of carbonyl (C=O) groups is 2. The summed E-state index contributed by atoms with van der Waals surface area (Å²) in [5, 5.41) is 6.83. The van der Waals surface area contributed by atoms with Crippen molar-refractivity contribution in [1.29, 1.82) is 0 Å². The molecule has 0 bridgehead atoms. The van der Waals surface area contributed by atoms with Gasteiger partial charge < -0.3 is 14.8 Å². The Hall–Kier alpha value is -3.35. The van der Waals surface area contributed by atoms with Gasteiger partial charge in [0.25, 0.3) is 5.91 Å². The van der Waals surface area contributed by atoms with Gasteiger partial charge in [0.1, 0.15) is 11.5 Å². The molecule has 7 nitrogen and oxygen atoms in total. The van der Waals surface area contributed by atoms with Gasteiger partial charge in [0.2, 0.25) is 5.91 Å². The summed E-state index contributed by atoms with van der Waals surface area (Å²) in [7, 11) is 3.03. The quantitative estimate of drug-likeness (QED) is 0.616. The third-order valence-corrected chi connectivity index (χ3v) is 3.54. The summed E-state index contributed by atoms with van der Waals surface area (Å²) >= 11 is 0. The molecule has 136 valence electrons. The molecule has 0 aliphatic heterocycles. The van der Waals surface area contributed by atoms with Crippen LogP contribution in [0.2, 0.25) is 0 Å². The Morgan fingerprint density at radius 3 is 2.15 bits per heavy atom. The molecule has 2 rings (SSSR count). The van der Waals surface area contributed by atoms with Crippen LogP contribution >= 0.6 is 0 Å². The summed E-state index contributed by atoms with van der Waals surface area (Å²) in [5.41, 5.74) is 4.91. The summed E-state index contributed by atoms with van der Waals surface area (Å²) in [6.07, 6.45) is 0. The second-order valence-corrected chi connectivity index (χ2v) is 5.50. The van der Waals surface area contributed by atoms with E-state index < -0.39 is 0 Å². The minimum absolute atomic E-state index is 0.156. The van der Waals surface area contributed by atoms with Gasteiger partial charge in [-0.2, -0.15) is 5.10 Å². The molecule has 0 radical (unpaired) electrons. The number of benzene rings is 2. The zero-order chi connectivity index (χ0) is 19.1. The molecule has 0 saturated heterocycles. The lowest BCUT2D eigenvalue weighted by molar-refractivity contribution is -0.114. The maximum Gasteiger partial charge on any atom is 0.271 e. The molecule has 0 saturated carbocycles. The number of hydrogen-bond donors (Lipinski definition) is 2. The van der Waals surface area contributed by atoms with Crippen LogP contribution in [0.1, 0.15) is 29.8 Å². The number of anilines is 1. The van der Waals surface area contributed by atoms with E-state index in [2.05, 4.69) is 15.8 Å². The van der Waals surface area contributed by atoms with Crippen molar-refractivity contribution in [2.24, 2.45) is 5.10 Å². The van der Waals surface area contributed by atoms with Crippen LogP contribution in [-0.4, -0.2) is 31.7 Å². The lowest BCUT2D eigenvalue weighted by Crippen LogP contribution is -2.19. The van der Waals surface area contributed by atoms with Gasteiger partial charge in [0, 0.05) is 24.2 Å². The van der Waals surface area contributed by atoms with Crippen molar-refractivity contribution in [1.82, 2.24) is 5.43 Å². The Kier molecular flexibility index (Phi) is 6.32.